The van der Waals surface area contributed by atoms with Crippen LogP contribution >= 0.6 is 0 Å². The standard InChI is InChI=1S/C25H20F3NO2/c1-16-3-11-21(12-4-16)31-22-13-5-18(6-14-22)15-23-17(2)30-24(29-23)19-7-9-20(10-8-19)25(26,27)28/h3-14H,15H2,1-2H3. The Morgan fingerprint density at radius 1 is 0.806 bits per heavy atom. The van der Waals surface area contributed by atoms with Crippen LogP contribution in [0.25, 0.3) is 11.5 Å². The average Bonchev–Trinajstić information content (AvgIpc) is 3.11. The third kappa shape index (κ3) is 4.97. The fourth-order valence-electron chi connectivity index (χ4n) is 3.13. The van der Waals surface area contributed by atoms with Crippen molar-refractivity contribution in [2.45, 2.75) is 26.4 Å². The van der Waals surface area contributed by atoms with Crippen molar-refractivity contribution in [2.75, 3.05) is 0 Å². The van der Waals surface area contributed by atoms with Gasteiger partial charge in [0.15, 0.2) is 0 Å². The molecule has 6 heteroatoms. The van der Waals surface area contributed by atoms with Crippen LogP contribution < -0.4 is 4.74 Å². The molecule has 31 heavy (non-hydrogen) atoms. The smallest absolute Gasteiger partial charge is 0.416 e. The van der Waals surface area contributed by atoms with Crippen molar-refractivity contribution in [3.63, 3.8) is 0 Å². The number of aromatic nitrogens is 1. The molecular weight excluding hydrogens is 403 g/mol. The van der Waals surface area contributed by atoms with E-state index < -0.39 is 11.7 Å². The second kappa shape index (κ2) is 8.30. The first kappa shape index (κ1) is 20.7. The highest BCUT2D eigenvalue weighted by Gasteiger charge is 2.30. The van der Waals surface area contributed by atoms with Crippen LogP contribution in [0.4, 0.5) is 13.2 Å². The molecule has 0 aliphatic rings. The Kier molecular flexibility index (Phi) is 5.55. The van der Waals surface area contributed by atoms with Crippen LogP contribution in [0.3, 0.4) is 0 Å². The molecule has 4 aromatic rings. The molecule has 0 spiro atoms. The number of rotatable bonds is 5. The second-order valence-corrected chi connectivity index (χ2v) is 7.33. The van der Waals surface area contributed by atoms with Gasteiger partial charge in [0.25, 0.3) is 0 Å². The summed E-state index contributed by atoms with van der Waals surface area (Å²) in [5.41, 5.74) is 2.73. The molecule has 0 radical (unpaired) electrons. The van der Waals surface area contributed by atoms with E-state index in [1.54, 1.807) is 6.92 Å². The normalized spacial score (nSPS) is 11.5. The van der Waals surface area contributed by atoms with E-state index in [1.165, 1.54) is 17.7 Å². The minimum Gasteiger partial charge on any atom is -0.457 e. The third-order valence-corrected chi connectivity index (χ3v) is 4.90. The van der Waals surface area contributed by atoms with Crippen LogP contribution in [0, 0.1) is 13.8 Å². The van der Waals surface area contributed by atoms with Crippen LogP contribution in [0.1, 0.15) is 28.1 Å². The summed E-state index contributed by atoms with van der Waals surface area (Å²) < 4.78 is 49.8. The third-order valence-electron chi connectivity index (χ3n) is 4.90. The van der Waals surface area contributed by atoms with Gasteiger partial charge in [0.1, 0.15) is 17.3 Å². The maximum Gasteiger partial charge on any atom is 0.416 e. The maximum atomic E-state index is 12.8. The van der Waals surface area contributed by atoms with E-state index in [-0.39, 0.29) is 0 Å². The Balaban J connectivity index is 1.46. The highest BCUT2D eigenvalue weighted by Crippen LogP contribution is 2.31. The lowest BCUT2D eigenvalue weighted by atomic mass is 10.1. The van der Waals surface area contributed by atoms with E-state index in [9.17, 15) is 13.2 Å². The number of aryl methyl sites for hydroxylation is 2. The van der Waals surface area contributed by atoms with Crippen LogP contribution in [0.5, 0.6) is 11.5 Å². The van der Waals surface area contributed by atoms with Crippen molar-refractivity contribution in [1.82, 2.24) is 4.98 Å². The molecular formula is C25H20F3NO2. The number of ether oxygens (including phenoxy) is 1. The number of hydrogen-bond acceptors (Lipinski definition) is 3. The molecule has 0 aliphatic carbocycles. The minimum absolute atomic E-state index is 0.306. The predicted molar refractivity (Wildman–Crippen MR) is 112 cm³/mol. The first-order valence-electron chi connectivity index (χ1n) is 9.75. The van der Waals surface area contributed by atoms with Gasteiger partial charge >= 0.3 is 6.18 Å². The molecule has 3 aromatic carbocycles. The summed E-state index contributed by atoms with van der Waals surface area (Å²) >= 11 is 0. The highest BCUT2D eigenvalue weighted by molar-refractivity contribution is 5.54. The van der Waals surface area contributed by atoms with E-state index >= 15 is 0 Å². The second-order valence-electron chi connectivity index (χ2n) is 7.33. The van der Waals surface area contributed by atoms with Crippen LogP contribution in [-0.4, -0.2) is 4.98 Å². The summed E-state index contributed by atoms with van der Waals surface area (Å²) in [5.74, 6) is 2.44. The van der Waals surface area contributed by atoms with Gasteiger partial charge < -0.3 is 9.15 Å². The largest absolute Gasteiger partial charge is 0.457 e. The average molecular weight is 423 g/mol. The molecule has 0 unspecified atom stereocenters. The van der Waals surface area contributed by atoms with E-state index in [0.717, 1.165) is 34.9 Å². The van der Waals surface area contributed by atoms with Gasteiger partial charge in [-0.3, -0.25) is 0 Å². The number of halogens is 3. The molecule has 0 saturated heterocycles. The number of benzene rings is 3. The number of hydrogen-bond donors (Lipinski definition) is 0. The summed E-state index contributed by atoms with van der Waals surface area (Å²) in [4.78, 5) is 4.49. The van der Waals surface area contributed by atoms with Crippen molar-refractivity contribution in [2.24, 2.45) is 0 Å². The van der Waals surface area contributed by atoms with Gasteiger partial charge in [-0.1, -0.05) is 29.8 Å². The van der Waals surface area contributed by atoms with Crippen LogP contribution in [0.2, 0.25) is 0 Å². The minimum atomic E-state index is -4.37. The molecule has 0 bridgehead atoms. The maximum absolute atomic E-state index is 12.8. The van der Waals surface area contributed by atoms with Crippen molar-refractivity contribution < 1.29 is 22.3 Å². The van der Waals surface area contributed by atoms with Gasteiger partial charge in [0.05, 0.1) is 11.3 Å². The van der Waals surface area contributed by atoms with Gasteiger partial charge in [-0.15, -0.1) is 0 Å². The zero-order valence-corrected chi connectivity index (χ0v) is 17.0. The molecule has 0 fully saturated rings. The summed E-state index contributed by atoms with van der Waals surface area (Å²) in [6.45, 7) is 3.82. The van der Waals surface area contributed by atoms with Gasteiger partial charge in [-0.25, -0.2) is 4.98 Å². The monoisotopic (exact) mass is 423 g/mol. The Bertz CT molecular complexity index is 1160. The molecule has 4 rings (SSSR count). The first-order chi connectivity index (χ1) is 14.8. The lowest BCUT2D eigenvalue weighted by molar-refractivity contribution is -0.137. The van der Waals surface area contributed by atoms with E-state index in [4.69, 9.17) is 9.15 Å². The van der Waals surface area contributed by atoms with Crippen molar-refractivity contribution in [3.05, 3.63) is 101 Å². The lowest BCUT2D eigenvalue weighted by Crippen LogP contribution is -2.03. The molecule has 0 atom stereocenters. The summed E-state index contributed by atoms with van der Waals surface area (Å²) in [6, 6.07) is 20.3. The van der Waals surface area contributed by atoms with Crippen molar-refractivity contribution >= 4 is 0 Å². The molecule has 0 N–H and O–H groups in total. The Morgan fingerprint density at radius 2 is 1.39 bits per heavy atom. The lowest BCUT2D eigenvalue weighted by Gasteiger charge is -2.07. The van der Waals surface area contributed by atoms with Gasteiger partial charge in [0, 0.05) is 12.0 Å². The number of nitrogens with zero attached hydrogens (tertiary/aromatic N) is 1. The van der Waals surface area contributed by atoms with Crippen molar-refractivity contribution in [3.8, 4) is 23.0 Å². The first-order valence-corrected chi connectivity index (χ1v) is 9.75. The summed E-state index contributed by atoms with van der Waals surface area (Å²) in [7, 11) is 0. The highest BCUT2D eigenvalue weighted by atomic mass is 19.4. The Hall–Kier alpha value is -3.54. The molecule has 1 aromatic heterocycles. The zero-order chi connectivity index (χ0) is 22.0. The van der Waals surface area contributed by atoms with E-state index in [0.29, 0.717) is 23.6 Å². The fourth-order valence-corrected chi connectivity index (χ4v) is 3.13. The molecule has 158 valence electrons. The van der Waals surface area contributed by atoms with Crippen LogP contribution in [-0.2, 0) is 12.6 Å². The Morgan fingerprint density at radius 3 is 1.97 bits per heavy atom. The summed E-state index contributed by atoms with van der Waals surface area (Å²) in [6.07, 6.45) is -3.83. The molecule has 3 nitrogen and oxygen atoms in total. The molecule has 0 saturated carbocycles. The van der Waals surface area contributed by atoms with Crippen molar-refractivity contribution in [1.29, 1.82) is 0 Å². The van der Waals surface area contributed by atoms with Crippen LogP contribution in [0.15, 0.2) is 77.2 Å². The fraction of sp³-hybridized carbons (Fsp3) is 0.160. The van der Waals surface area contributed by atoms with Gasteiger partial charge in [-0.05, 0) is 67.9 Å². The van der Waals surface area contributed by atoms with E-state index in [2.05, 4.69) is 4.98 Å². The Labute approximate surface area is 178 Å². The zero-order valence-electron chi connectivity index (χ0n) is 17.0. The summed E-state index contributed by atoms with van der Waals surface area (Å²) in [5, 5.41) is 0. The predicted octanol–water partition coefficient (Wildman–Crippen LogP) is 7.36. The SMILES string of the molecule is Cc1ccc(Oc2ccc(Cc3nc(-c4ccc(C(F)(F)F)cc4)oc3C)cc2)cc1. The number of alkyl halides is 3. The quantitative estimate of drug-likeness (QED) is 0.336. The molecule has 0 amide bonds. The molecule has 0 aliphatic heterocycles. The molecule has 1 heterocycles. The number of oxazole rings is 1. The van der Waals surface area contributed by atoms with E-state index in [1.807, 2.05) is 55.5 Å². The van der Waals surface area contributed by atoms with Gasteiger partial charge in [-0.2, -0.15) is 13.2 Å². The topological polar surface area (TPSA) is 35.3 Å². The van der Waals surface area contributed by atoms with Gasteiger partial charge in [0.2, 0.25) is 5.89 Å².